The van der Waals surface area contributed by atoms with Gasteiger partial charge in [-0.3, -0.25) is 24.5 Å². The number of imidazole rings is 1. The van der Waals surface area contributed by atoms with E-state index in [1.54, 1.807) is 31.9 Å². The van der Waals surface area contributed by atoms with Crippen LogP contribution in [0.15, 0.2) is 11.1 Å². The third-order valence-corrected chi connectivity index (χ3v) is 19.4. The SMILES string of the molecule is CC(C)C(=O)Nc1nc2c(ncn2[C@@H]2S[C@@H]3CO[Si](C(C)C)(C(C)(C)C)O[C@H]3C2O[Si](C)(C)C(C)(C)C)c(=O)[nH]1. The largest absolute Gasteiger partial charge is 0.408 e. The van der Waals surface area contributed by atoms with Crippen LogP contribution in [0.3, 0.4) is 0 Å². The predicted octanol–water partition coefficient (Wildman–Crippen LogP) is 5.79. The molecule has 4 rings (SSSR count). The number of fused-ring (bicyclic) bond motifs is 2. The first-order chi connectivity index (χ1) is 18.3. The van der Waals surface area contributed by atoms with Gasteiger partial charge in [0.05, 0.1) is 24.3 Å². The highest BCUT2D eigenvalue weighted by Crippen LogP contribution is 2.56. The first-order valence-electron chi connectivity index (χ1n) is 14.2. The van der Waals surface area contributed by atoms with Gasteiger partial charge in [-0.15, -0.1) is 11.8 Å². The average Bonchev–Trinajstić information content (AvgIpc) is 3.38. The van der Waals surface area contributed by atoms with Gasteiger partial charge in [0.2, 0.25) is 11.9 Å². The van der Waals surface area contributed by atoms with E-state index in [1.165, 1.54) is 0 Å². The van der Waals surface area contributed by atoms with Crippen molar-refractivity contribution < 1.29 is 18.1 Å². The third kappa shape index (κ3) is 5.49. The van der Waals surface area contributed by atoms with E-state index < -0.39 is 22.4 Å². The van der Waals surface area contributed by atoms with Gasteiger partial charge in [-0.1, -0.05) is 69.2 Å². The van der Waals surface area contributed by atoms with Gasteiger partial charge >= 0.3 is 8.56 Å². The fourth-order valence-electron chi connectivity index (χ4n) is 5.29. The molecule has 2 N–H and O–H groups in total. The van der Waals surface area contributed by atoms with Gasteiger partial charge in [0.1, 0.15) is 11.5 Å². The van der Waals surface area contributed by atoms with Gasteiger partial charge in [0.15, 0.2) is 19.5 Å². The first kappa shape index (κ1) is 31.4. The van der Waals surface area contributed by atoms with E-state index in [-0.39, 0.29) is 61.7 Å². The van der Waals surface area contributed by atoms with Gasteiger partial charge in [-0.2, -0.15) is 4.98 Å². The van der Waals surface area contributed by atoms with Crippen molar-refractivity contribution in [1.82, 2.24) is 19.5 Å². The Morgan fingerprint density at radius 1 is 1.23 bits per heavy atom. The van der Waals surface area contributed by atoms with Crippen molar-refractivity contribution in [3.05, 3.63) is 16.7 Å². The lowest BCUT2D eigenvalue weighted by atomic mass is 10.1. The van der Waals surface area contributed by atoms with Crippen molar-refractivity contribution in [1.29, 1.82) is 0 Å². The van der Waals surface area contributed by atoms with Crippen molar-refractivity contribution in [2.24, 2.45) is 5.92 Å². The van der Waals surface area contributed by atoms with Crippen LogP contribution in [-0.4, -0.2) is 66.4 Å². The molecule has 2 unspecified atom stereocenters. The Morgan fingerprint density at radius 3 is 2.42 bits per heavy atom. The molecule has 0 spiro atoms. The zero-order chi connectivity index (χ0) is 30.0. The quantitative estimate of drug-likeness (QED) is 0.395. The van der Waals surface area contributed by atoms with Crippen LogP contribution in [0.2, 0.25) is 28.7 Å². The van der Waals surface area contributed by atoms with E-state index in [9.17, 15) is 9.59 Å². The Kier molecular flexibility index (Phi) is 8.36. The maximum absolute atomic E-state index is 12.9. The Labute approximate surface area is 244 Å². The zero-order valence-corrected chi connectivity index (χ0v) is 28.9. The van der Waals surface area contributed by atoms with Gasteiger partial charge in [-0.25, -0.2) is 4.98 Å². The van der Waals surface area contributed by atoms with E-state index >= 15 is 0 Å². The molecule has 1 amide bonds. The Morgan fingerprint density at radius 2 is 1.88 bits per heavy atom. The molecule has 2 aliphatic heterocycles. The number of aromatic amines is 1. The van der Waals surface area contributed by atoms with Gasteiger partial charge in [-0.05, 0) is 23.7 Å². The van der Waals surface area contributed by atoms with E-state index in [4.69, 9.17) is 13.3 Å². The highest BCUT2D eigenvalue weighted by atomic mass is 32.2. The van der Waals surface area contributed by atoms with Gasteiger partial charge < -0.3 is 13.3 Å². The van der Waals surface area contributed by atoms with Crippen LogP contribution in [0.1, 0.15) is 74.6 Å². The van der Waals surface area contributed by atoms with Gasteiger partial charge in [0, 0.05) is 11.0 Å². The molecule has 0 saturated carbocycles. The van der Waals surface area contributed by atoms with Crippen LogP contribution in [0, 0.1) is 5.92 Å². The number of H-pyrrole nitrogens is 1. The smallest absolute Gasteiger partial charge is 0.346 e. The summed E-state index contributed by atoms with van der Waals surface area (Å²) in [6.45, 7) is 26.4. The number of carbonyl (C=O) groups is 1. The van der Waals surface area contributed by atoms with Crippen molar-refractivity contribution in [3.8, 4) is 0 Å². The van der Waals surface area contributed by atoms with Crippen LogP contribution in [0.5, 0.6) is 0 Å². The summed E-state index contributed by atoms with van der Waals surface area (Å²) in [5.74, 6) is -0.373. The minimum Gasteiger partial charge on any atom is -0.408 e. The molecule has 0 aliphatic carbocycles. The second-order valence-corrected chi connectivity index (χ2v) is 24.9. The summed E-state index contributed by atoms with van der Waals surface area (Å²) in [6, 6.07) is 0. The monoisotopic (exact) mass is 609 g/mol. The highest BCUT2D eigenvalue weighted by molar-refractivity contribution is 8.00. The Bertz CT molecular complexity index is 1320. The van der Waals surface area contributed by atoms with Crippen LogP contribution < -0.4 is 10.9 Å². The van der Waals surface area contributed by atoms with E-state index in [0.717, 1.165) is 0 Å². The molecule has 5 atom stereocenters. The third-order valence-electron chi connectivity index (χ3n) is 8.57. The lowest BCUT2D eigenvalue weighted by molar-refractivity contribution is -0.118. The summed E-state index contributed by atoms with van der Waals surface area (Å²) in [5.41, 5.74) is 0.491. The van der Waals surface area contributed by atoms with Crippen molar-refractivity contribution in [2.45, 2.75) is 121 Å². The molecule has 4 heterocycles. The molecule has 40 heavy (non-hydrogen) atoms. The number of hydrogen-bond acceptors (Lipinski definition) is 8. The second kappa shape index (κ2) is 10.6. The number of aromatic nitrogens is 4. The standard InChI is InChI=1S/C27H47N5O5SSi2/c1-15(2)22(33)30-25-29-21-18(23(34)31-25)28-14-32(21)24-20(36-39(11,12)26(5,6)7)19-17(38-24)13-35-40(37-19,16(3)4)27(8,9)10/h14-17,19-20,24H,13H2,1-12H3,(H2,29,30,31,33,34)/t17-,19-,20?,24-,40?/m1/s1. The summed E-state index contributed by atoms with van der Waals surface area (Å²) in [6.07, 6.45) is 1.20. The van der Waals surface area contributed by atoms with Crippen LogP contribution >= 0.6 is 11.8 Å². The number of nitrogens with one attached hydrogen (secondary N) is 2. The molecule has 2 saturated heterocycles. The maximum Gasteiger partial charge on any atom is 0.346 e. The summed E-state index contributed by atoms with van der Waals surface area (Å²) in [7, 11) is -4.89. The van der Waals surface area contributed by atoms with Gasteiger partial charge in [0.25, 0.3) is 5.56 Å². The van der Waals surface area contributed by atoms with E-state index in [2.05, 4.69) is 88.8 Å². The molecule has 0 radical (unpaired) electrons. The van der Waals surface area contributed by atoms with Crippen LogP contribution in [-0.2, 0) is 18.1 Å². The fourth-order valence-corrected chi connectivity index (χ4v) is 12.7. The minimum absolute atomic E-state index is 0.0111. The Balaban J connectivity index is 1.82. The maximum atomic E-state index is 12.9. The molecule has 13 heteroatoms. The molecule has 224 valence electrons. The zero-order valence-electron chi connectivity index (χ0n) is 26.0. The lowest BCUT2D eigenvalue weighted by Crippen LogP contribution is -2.63. The molecule has 10 nitrogen and oxygen atoms in total. The van der Waals surface area contributed by atoms with E-state index in [0.29, 0.717) is 12.3 Å². The van der Waals surface area contributed by atoms with Crippen LogP contribution in [0.25, 0.3) is 11.2 Å². The molecule has 0 bridgehead atoms. The number of hydrogen-bond donors (Lipinski definition) is 2. The predicted molar refractivity (Wildman–Crippen MR) is 165 cm³/mol. The summed E-state index contributed by atoms with van der Waals surface area (Å²) in [4.78, 5) is 37.1. The summed E-state index contributed by atoms with van der Waals surface area (Å²) < 4.78 is 23.0. The van der Waals surface area contributed by atoms with E-state index in [1.807, 2.05) is 4.57 Å². The Hall–Kier alpha value is -1.52. The van der Waals surface area contributed by atoms with Crippen LogP contribution in [0.4, 0.5) is 5.95 Å². The van der Waals surface area contributed by atoms with Crippen molar-refractivity contribution in [2.75, 3.05) is 11.9 Å². The normalized spacial score (nSPS) is 27.9. The number of thioether (sulfide) groups is 1. The second-order valence-electron chi connectivity index (χ2n) is 14.3. The minimum atomic E-state index is -2.65. The lowest BCUT2D eigenvalue weighted by Gasteiger charge is -2.51. The molecular weight excluding hydrogens is 563 g/mol. The molecule has 0 aromatic carbocycles. The number of rotatable bonds is 6. The topological polar surface area (TPSA) is 120 Å². The number of anilines is 1. The molecular formula is C27H47N5O5SSi2. The number of amides is 1. The molecule has 2 aliphatic rings. The average molecular weight is 610 g/mol. The molecule has 2 aromatic heterocycles. The highest BCUT2D eigenvalue weighted by Gasteiger charge is 2.62. The number of nitrogens with zero attached hydrogens (tertiary/aromatic N) is 3. The summed E-state index contributed by atoms with van der Waals surface area (Å²) in [5, 5.41) is 2.40. The van der Waals surface area contributed by atoms with Crippen molar-refractivity contribution >= 4 is 51.7 Å². The number of carbonyl (C=O) groups excluding carboxylic acids is 1. The molecule has 2 aromatic rings. The first-order valence-corrected chi connectivity index (χ1v) is 20.0. The summed E-state index contributed by atoms with van der Waals surface area (Å²) >= 11 is 1.73. The fraction of sp³-hybridized carbons (Fsp3) is 0.778. The van der Waals surface area contributed by atoms with Crippen molar-refractivity contribution in [3.63, 3.8) is 0 Å². The molecule has 2 fully saturated rings.